The van der Waals surface area contributed by atoms with Crippen LogP contribution in [0, 0.1) is 0 Å². The molecule has 1 aromatic heterocycles. The second-order valence-electron chi connectivity index (χ2n) is 7.75. The zero-order chi connectivity index (χ0) is 19.1. The van der Waals surface area contributed by atoms with Gasteiger partial charge in [0.25, 0.3) is 5.91 Å². The molecule has 0 spiro atoms. The topological polar surface area (TPSA) is 62.5 Å². The number of nitrogens with zero attached hydrogens (tertiary/aromatic N) is 3. The second kappa shape index (κ2) is 7.18. The maximum absolute atomic E-state index is 13.1. The fourth-order valence-corrected chi connectivity index (χ4v) is 5.27. The van der Waals surface area contributed by atoms with E-state index in [1.807, 2.05) is 23.1 Å². The summed E-state index contributed by atoms with van der Waals surface area (Å²) in [4.78, 5) is 22.0. The molecule has 1 amide bonds. The molecule has 0 saturated carbocycles. The quantitative estimate of drug-likeness (QED) is 0.728. The molecule has 6 heteroatoms. The van der Waals surface area contributed by atoms with Crippen molar-refractivity contribution >= 4 is 32.6 Å². The molecule has 0 radical (unpaired) electrons. The van der Waals surface area contributed by atoms with Crippen LogP contribution in [-0.2, 0) is 12.8 Å². The maximum Gasteiger partial charge on any atom is 0.253 e. The molecule has 3 aromatic rings. The summed E-state index contributed by atoms with van der Waals surface area (Å²) in [5.74, 6) is 0.102. The van der Waals surface area contributed by atoms with Gasteiger partial charge in [-0.05, 0) is 48.6 Å². The summed E-state index contributed by atoms with van der Waals surface area (Å²) in [5, 5.41) is 0.544. The molecule has 0 bridgehead atoms. The van der Waals surface area contributed by atoms with E-state index < -0.39 is 0 Å². The van der Waals surface area contributed by atoms with Gasteiger partial charge in [-0.2, -0.15) is 0 Å². The number of thiazole rings is 1. The summed E-state index contributed by atoms with van der Waals surface area (Å²) < 4.78 is 1.02. The molecule has 2 heterocycles. The molecule has 0 atom stereocenters. The Morgan fingerprint density at radius 2 is 1.82 bits per heavy atom. The number of benzene rings is 2. The molecule has 1 aliphatic carbocycles. The van der Waals surface area contributed by atoms with Crippen molar-refractivity contribution in [2.24, 2.45) is 0 Å². The molecule has 1 saturated heterocycles. The van der Waals surface area contributed by atoms with Crippen LogP contribution in [0.3, 0.4) is 0 Å². The van der Waals surface area contributed by atoms with Crippen LogP contribution in [0.1, 0.15) is 27.9 Å². The number of amides is 1. The SMILES string of the molecule is Nc1nc2cc(C(=O)N3CCCN(C4Cc5ccccc5C4)CC3)ccc2s1. The standard InChI is InChI=1S/C22H24N4OS/c23-22-24-19-14-17(6-7-20(19)28-22)21(27)26-9-3-8-25(10-11-26)18-12-15-4-1-2-5-16(15)13-18/h1-2,4-7,14,18H,3,8-13H2,(H2,23,24). The van der Waals surface area contributed by atoms with Gasteiger partial charge in [0.1, 0.15) is 0 Å². The van der Waals surface area contributed by atoms with Gasteiger partial charge in [0.05, 0.1) is 10.2 Å². The lowest BCUT2D eigenvalue weighted by atomic mass is 10.1. The Hall–Kier alpha value is -2.44. The molecule has 1 aliphatic heterocycles. The first-order chi connectivity index (χ1) is 13.7. The van der Waals surface area contributed by atoms with Crippen molar-refractivity contribution in [3.8, 4) is 0 Å². The maximum atomic E-state index is 13.1. The minimum Gasteiger partial charge on any atom is -0.375 e. The molecule has 28 heavy (non-hydrogen) atoms. The molecule has 0 unspecified atom stereocenters. The number of hydrogen-bond acceptors (Lipinski definition) is 5. The Labute approximate surface area is 168 Å². The van der Waals surface area contributed by atoms with Crippen LogP contribution in [-0.4, -0.2) is 52.9 Å². The van der Waals surface area contributed by atoms with Crippen molar-refractivity contribution in [3.63, 3.8) is 0 Å². The lowest BCUT2D eigenvalue weighted by Gasteiger charge is -2.27. The van der Waals surface area contributed by atoms with E-state index in [0.29, 0.717) is 16.7 Å². The Balaban J connectivity index is 1.27. The molecule has 5 nitrogen and oxygen atoms in total. The largest absolute Gasteiger partial charge is 0.375 e. The second-order valence-corrected chi connectivity index (χ2v) is 8.81. The highest BCUT2D eigenvalue weighted by Crippen LogP contribution is 2.27. The van der Waals surface area contributed by atoms with E-state index >= 15 is 0 Å². The van der Waals surface area contributed by atoms with E-state index in [9.17, 15) is 4.79 Å². The number of hydrogen-bond donors (Lipinski definition) is 1. The smallest absolute Gasteiger partial charge is 0.253 e. The third-order valence-corrected chi connectivity index (χ3v) is 6.88. The van der Waals surface area contributed by atoms with E-state index in [2.05, 4.69) is 34.1 Å². The van der Waals surface area contributed by atoms with Crippen molar-refractivity contribution < 1.29 is 4.79 Å². The van der Waals surface area contributed by atoms with E-state index in [0.717, 1.165) is 55.7 Å². The van der Waals surface area contributed by atoms with Gasteiger partial charge < -0.3 is 10.6 Å². The summed E-state index contributed by atoms with van der Waals surface area (Å²) in [6, 6.07) is 15.1. The van der Waals surface area contributed by atoms with Gasteiger partial charge in [0, 0.05) is 37.8 Å². The number of anilines is 1. The van der Waals surface area contributed by atoms with Gasteiger partial charge >= 0.3 is 0 Å². The van der Waals surface area contributed by atoms with Crippen LogP contribution in [0.2, 0.25) is 0 Å². The fraction of sp³-hybridized carbons (Fsp3) is 0.364. The Bertz CT molecular complexity index is 1010. The van der Waals surface area contributed by atoms with Crippen LogP contribution in [0.5, 0.6) is 0 Å². The number of carbonyl (C=O) groups is 1. The van der Waals surface area contributed by atoms with E-state index in [1.54, 1.807) is 0 Å². The summed E-state index contributed by atoms with van der Waals surface area (Å²) in [6.07, 6.45) is 3.28. The lowest BCUT2D eigenvalue weighted by Crippen LogP contribution is -2.40. The van der Waals surface area contributed by atoms with Crippen molar-refractivity contribution in [3.05, 3.63) is 59.2 Å². The van der Waals surface area contributed by atoms with Crippen molar-refractivity contribution in [2.45, 2.75) is 25.3 Å². The van der Waals surface area contributed by atoms with Crippen LogP contribution >= 0.6 is 11.3 Å². The summed E-state index contributed by atoms with van der Waals surface area (Å²) >= 11 is 1.46. The summed E-state index contributed by atoms with van der Waals surface area (Å²) in [5.41, 5.74) is 10.3. The predicted molar refractivity (Wildman–Crippen MR) is 114 cm³/mol. The van der Waals surface area contributed by atoms with Gasteiger partial charge in [-0.3, -0.25) is 9.69 Å². The van der Waals surface area contributed by atoms with Gasteiger partial charge in [0.2, 0.25) is 0 Å². The highest BCUT2D eigenvalue weighted by atomic mass is 32.1. The van der Waals surface area contributed by atoms with Crippen molar-refractivity contribution in [1.29, 1.82) is 0 Å². The van der Waals surface area contributed by atoms with Gasteiger partial charge in [-0.25, -0.2) is 4.98 Å². The number of carbonyl (C=O) groups excluding carboxylic acids is 1. The molecule has 2 aliphatic rings. The third-order valence-electron chi connectivity index (χ3n) is 6.01. The highest BCUT2D eigenvalue weighted by Gasteiger charge is 2.29. The predicted octanol–water partition coefficient (Wildman–Crippen LogP) is 3.19. The van der Waals surface area contributed by atoms with E-state index in [-0.39, 0.29) is 5.91 Å². The Kier molecular flexibility index (Phi) is 4.53. The first-order valence-corrected chi connectivity index (χ1v) is 10.8. The van der Waals surface area contributed by atoms with Gasteiger partial charge in [0.15, 0.2) is 5.13 Å². The lowest BCUT2D eigenvalue weighted by molar-refractivity contribution is 0.0758. The minimum atomic E-state index is 0.102. The first-order valence-electron chi connectivity index (χ1n) is 9.93. The van der Waals surface area contributed by atoms with Crippen LogP contribution in [0.25, 0.3) is 10.2 Å². The molecular weight excluding hydrogens is 368 g/mol. The number of fused-ring (bicyclic) bond motifs is 2. The molecule has 144 valence electrons. The molecular formula is C22H24N4OS. The Morgan fingerprint density at radius 3 is 2.61 bits per heavy atom. The fourth-order valence-electron chi connectivity index (χ4n) is 4.56. The minimum absolute atomic E-state index is 0.102. The summed E-state index contributed by atoms with van der Waals surface area (Å²) in [7, 11) is 0. The van der Waals surface area contributed by atoms with E-state index in [4.69, 9.17) is 5.73 Å². The monoisotopic (exact) mass is 392 g/mol. The van der Waals surface area contributed by atoms with Crippen LogP contribution < -0.4 is 5.73 Å². The average molecular weight is 393 g/mol. The zero-order valence-electron chi connectivity index (χ0n) is 15.8. The van der Waals surface area contributed by atoms with Crippen LogP contribution in [0.4, 0.5) is 5.13 Å². The van der Waals surface area contributed by atoms with Gasteiger partial charge in [-0.15, -0.1) is 0 Å². The normalized spacial score (nSPS) is 18.4. The molecule has 1 fully saturated rings. The highest BCUT2D eigenvalue weighted by molar-refractivity contribution is 7.22. The number of nitrogens with two attached hydrogens (primary N) is 1. The average Bonchev–Trinajstić information content (AvgIpc) is 3.21. The number of nitrogen functional groups attached to an aromatic ring is 1. The summed E-state index contributed by atoms with van der Waals surface area (Å²) in [6.45, 7) is 3.59. The van der Waals surface area contributed by atoms with Crippen LogP contribution in [0.15, 0.2) is 42.5 Å². The first kappa shape index (κ1) is 17.6. The van der Waals surface area contributed by atoms with Crippen molar-refractivity contribution in [2.75, 3.05) is 31.9 Å². The number of aromatic nitrogens is 1. The number of rotatable bonds is 2. The molecule has 2 aromatic carbocycles. The third kappa shape index (κ3) is 3.27. The Morgan fingerprint density at radius 1 is 1.04 bits per heavy atom. The van der Waals surface area contributed by atoms with E-state index in [1.165, 1.54) is 22.5 Å². The zero-order valence-corrected chi connectivity index (χ0v) is 16.6. The molecule has 2 N–H and O–H groups in total. The van der Waals surface area contributed by atoms with Gasteiger partial charge in [-0.1, -0.05) is 35.6 Å². The van der Waals surface area contributed by atoms with Crippen molar-refractivity contribution in [1.82, 2.24) is 14.8 Å². The molecule has 5 rings (SSSR count).